The van der Waals surface area contributed by atoms with Gasteiger partial charge in [0.2, 0.25) is 0 Å². The van der Waals surface area contributed by atoms with Crippen LogP contribution in [-0.2, 0) is 4.74 Å². The highest BCUT2D eigenvalue weighted by atomic mass is 16.5. The van der Waals surface area contributed by atoms with Crippen molar-refractivity contribution >= 4 is 0 Å². The minimum atomic E-state index is 0.360. The average molecular weight is 228 g/mol. The molecule has 1 atom stereocenters. The summed E-state index contributed by atoms with van der Waals surface area (Å²) in [5.74, 6) is 0. The lowest BCUT2D eigenvalue weighted by atomic mass is 9.86. The van der Waals surface area contributed by atoms with Gasteiger partial charge < -0.3 is 15.0 Å². The molecule has 1 aliphatic rings. The van der Waals surface area contributed by atoms with Gasteiger partial charge in [0.05, 0.1) is 6.61 Å². The van der Waals surface area contributed by atoms with Crippen molar-refractivity contribution in [1.82, 2.24) is 10.2 Å². The minimum Gasteiger partial charge on any atom is -0.381 e. The summed E-state index contributed by atoms with van der Waals surface area (Å²) in [5, 5.41) is 3.49. The highest BCUT2D eigenvalue weighted by Crippen LogP contribution is 2.28. The van der Waals surface area contributed by atoms with Crippen molar-refractivity contribution in [1.29, 1.82) is 0 Å². The summed E-state index contributed by atoms with van der Waals surface area (Å²) in [4.78, 5) is 2.47. The normalized spacial score (nSPS) is 25.5. The van der Waals surface area contributed by atoms with Gasteiger partial charge in [-0.05, 0) is 33.0 Å². The number of hydrogen-bond donors (Lipinski definition) is 1. The Bertz CT molecular complexity index is 179. The fraction of sp³-hybridized carbons (Fsp3) is 1.00. The van der Waals surface area contributed by atoms with Crippen LogP contribution in [0, 0.1) is 5.41 Å². The number of nitrogens with zero attached hydrogens (tertiary/aromatic N) is 1. The lowest BCUT2D eigenvalue weighted by Gasteiger charge is -2.32. The van der Waals surface area contributed by atoms with E-state index in [-0.39, 0.29) is 0 Å². The molecule has 1 fully saturated rings. The summed E-state index contributed by atoms with van der Waals surface area (Å²) in [6.07, 6.45) is 3.78. The summed E-state index contributed by atoms with van der Waals surface area (Å²) in [7, 11) is 2.24. The molecule has 3 heteroatoms. The molecule has 3 nitrogen and oxygen atoms in total. The molecule has 1 aliphatic heterocycles. The first kappa shape index (κ1) is 13.9. The van der Waals surface area contributed by atoms with Crippen LogP contribution in [-0.4, -0.2) is 51.3 Å². The lowest BCUT2D eigenvalue weighted by Crippen LogP contribution is -2.43. The van der Waals surface area contributed by atoms with Crippen molar-refractivity contribution in [2.45, 2.75) is 33.1 Å². The van der Waals surface area contributed by atoms with Gasteiger partial charge in [0, 0.05) is 25.1 Å². The second kappa shape index (κ2) is 7.25. The van der Waals surface area contributed by atoms with E-state index < -0.39 is 0 Å². The van der Waals surface area contributed by atoms with E-state index in [0.29, 0.717) is 5.41 Å². The summed E-state index contributed by atoms with van der Waals surface area (Å²) in [5.41, 5.74) is 0.360. The molecule has 1 saturated heterocycles. The Morgan fingerprint density at radius 1 is 1.38 bits per heavy atom. The molecule has 0 amide bonds. The third-order valence-electron chi connectivity index (χ3n) is 3.43. The highest BCUT2D eigenvalue weighted by molar-refractivity contribution is 4.87. The van der Waals surface area contributed by atoms with E-state index in [1.54, 1.807) is 0 Å². The zero-order valence-electron chi connectivity index (χ0n) is 11.2. The molecule has 0 aromatic carbocycles. The van der Waals surface area contributed by atoms with Crippen LogP contribution >= 0.6 is 0 Å². The fourth-order valence-electron chi connectivity index (χ4n) is 2.44. The van der Waals surface area contributed by atoms with E-state index in [2.05, 4.69) is 31.1 Å². The second-order valence-electron chi connectivity index (χ2n) is 5.17. The van der Waals surface area contributed by atoms with Crippen LogP contribution in [0.3, 0.4) is 0 Å². The standard InChI is InChI=1S/C13H28N2O/c1-4-6-8-15(3)11-13(10-14-5-2)7-9-16-12-13/h14H,4-12H2,1-3H3. The van der Waals surface area contributed by atoms with Crippen LogP contribution in [0.1, 0.15) is 33.1 Å². The molecule has 0 aliphatic carbocycles. The minimum absolute atomic E-state index is 0.360. The van der Waals surface area contributed by atoms with Crippen molar-refractivity contribution in [3.8, 4) is 0 Å². The number of unbranched alkanes of at least 4 members (excludes halogenated alkanes) is 1. The first-order valence-electron chi connectivity index (χ1n) is 6.69. The molecule has 1 N–H and O–H groups in total. The molecular weight excluding hydrogens is 200 g/mol. The van der Waals surface area contributed by atoms with Gasteiger partial charge in [-0.2, -0.15) is 0 Å². The Kier molecular flexibility index (Phi) is 6.32. The summed E-state index contributed by atoms with van der Waals surface area (Å²) >= 11 is 0. The van der Waals surface area contributed by atoms with E-state index in [1.165, 1.54) is 32.4 Å². The van der Waals surface area contributed by atoms with Crippen molar-refractivity contribution < 1.29 is 4.74 Å². The SMILES string of the molecule is CCCCN(C)CC1(CNCC)CCOC1. The van der Waals surface area contributed by atoms with Crippen LogP contribution in [0.4, 0.5) is 0 Å². The first-order chi connectivity index (χ1) is 7.72. The van der Waals surface area contributed by atoms with Gasteiger partial charge >= 0.3 is 0 Å². The Labute approximate surface area is 101 Å². The van der Waals surface area contributed by atoms with Gasteiger partial charge in [-0.25, -0.2) is 0 Å². The van der Waals surface area contributed by atoms with Gasteiger partial charge in [-0.3, -0.25) is 0 Å². The number of ether oxygens (including phenoxy) is 1. The molecule has 0 saturated carbocycles. The molecular formula is C13H28N2O. The molecule has 0 spiro atoms. The van der Waals surface area contributed by atoms with E-state index in [1.807, 2.05) is 0 Å². The van der Waals surface area contributed by atoms with E-state index in [0.717, 1.165) is 26.3 Å². The van der Waals surface area contributed by atoms with Crippen molar-refractivity contribution in [2.24, 2.45) is 5.41 Å². The van der Waals surface area contributed by atoms with Crippen molar-refractivity contribution in [3.05, 3.63) is 0 Å². The maximum absolute atomic E-state index is 5.60. The molecule has 1 rings (SSSR count). The molecule has 96 valence electrons. The van der Waals surface area contributed by atoms with Crippen molar-refractivity contribution in [2.75, 3.05) is 46.4 Å². The molecule has 0 bridgehead atoms. The predicted molar refractivity (Wildman–Crippen MR) is 68.8 cm³/mol. The zero-order valence-corrected chi connectivity index (χ0v) is 11.2. The molecule has 1 unspecified atom stereocenters. The number of nitrogens with one attached hydrogen (secondary N) is 1. The topological polar surface area (TPSA) is 24.5 Å². The van der Waals surface area contributed by atoms with E-state index in [4.69, 9.17) is 4.74 Å². The average Bonchev–Trinajstić information content (AvgIpc) is 2.72. The third kappa shape index (κ3) is 4.40. The Balaban J connectivity index is 2.37. The molecule has 1 heterocycles. The van der Waals surface area contributed by atoms with Crippen LogP contribution in [0.25, 0.3) is 0 Å². The van der Waals surface area contributed by atoms with Crippen molar-refractivity contribution in [3.63, 3.8) is 0 Å². The smallest absolute Gasteiger partial charge is 0.0547 e. The Morgan fingerprint density at radius 2 is 2.19 bits per heavy atom. The third-order valence-corrected chi connectivity index (χ3v) is 3.43. The summed E-state index contributed by atoms with van der Waals surface area (Å²) < 4.78 is 5.60. The number of hydrogen-bond acceptors (Lipinski definition) is 3. The van der Waals surface area contributed by atoms with Gasteiger partial charge in [0.25, 0.3) is 0 Å². The largest absolute Gasteiger partial charge is 0.381 e. The lowest BCUT2D eigenvalue weighted by molar-refractivity contribution is 0.119. The van der Waals surface area contributed by atoms with Gasteiger partial charge in [0.15, 0.2) is 0 Å². The molecule has 0 aromatic heterocycles. The van der Waals surface area contributed by atoms with Crippen LogP contribution in [0.15, 0.2) is 0 Å². The maximum atomic E-state index is 5.60. The monoisotopic (exact) mass is 228 g/mol. The van der Waals surface area contributed by atoms with Crippen LogP contribution in [0.5, 0.6) is 0 Å². The van der Waals surface area contributed by atoms with Gasteiger partial charge in [0.1, 0.15) is 0 Å². The molecule has 16 heavy (non-hydrogen) atoms. The maximum Gasteiger partial charge on any atom is 0.0547 e. The quantitative estimate of drug-likeness (QED) is 0.685. The molecule has 0 aromatic rings. The summed E-state index contributed by atoms with van der Waals surface area (Å²) in [6, 6.07) is 0. The number of rotatable bonds is 8. The zero-order chi connectivity index (χ0) is 11.9. The van der Waals surface area contributed by atoms with E-state index in [9.17, 15) is 0 Å². The fourth-order valence-corrected chi connectivity index (χ4v) is 2.44. The van der Waals surface area contributed by atoms with Gasteiger partial charge in [-0.15, -0.1) is 0 Å². The summed E-state index contributed by atoms with van der Waals surface area (Å²) in [6.45, 7) is 10.8. The Morgan fingerprint density at radius 3 is 2.75 bits per heavy atom. The van der Waals surface area contributed by atoms with Crippen LogP contribution < -0.4 is 5.32 Å². The van der Waals surface area contributed by atoms with Gasteiger partial charge in [-0.1, -0.05) is 20.3 Å². The van der Waals surface area contributed by atoms with E-state index >= 15 is 0 Å². The molecule has 0 radical (unpaired) electrons. The van der Waals surface area contributed by atoms with Crippen LogP contribution in [0.2, 0.25) is 0 Å². The Hall–Kier alpha value is -0.120. The first-order valence-corrected chi connectivity index (χ1v) is 6.69. The second-order valence-corrected chi connectivity index (χ2v) is 5.17. The predicted octanol–water partition coefficient (Wildman–Crippen LogP) is 1.73. The highest BCUT2D eigenvalue weighted by Gasteiger charge is 2.35.